The van der Waals surface area contributed by atoms with Gasteiger partial charge in [0.25, 0.3) is 0 Å². The monoisotopic (exact) mass is 278 g/mol. The third kappa shape index (κ3) is 1.62. The van der Waals surface area contributed by atoms with Crippen molar-refractivity contribution in [1.82, 2.24) is 4.90 Å². The quantitative estimate of drug-likeness (QED) is 0.654. The van der Waals surface area contributed by atoms with E-state index >= 15 is 0 Å². The Morgan fingerprint density at radius 3 is 3.19 bits per heavy atom. The van der Waals surface area contributed by atoms with Gasteiger partial charge in [-0.25, -0.2) is 0 Å². The van der Waals surface area contributed by atoms with E-state index in [0.717, 1.165) is 12.5 Å². The molecule has 3 unspecified atom stereocenters. The summed E-state index contributed by atoms with van der Waals surface area (Å²) in [6.07, 6.45) is 19.3. The SMILES string of the molecule is C1=CC2=CCC3=C4C(CCC3)C3CN=CC=C3N4C2CC1. The van der Waals surface area contributed by atoms with Crippen LogP contribution in [-0.4, -0.2) is 23.7 Å². The van der Waals surface area contributed by atoms with Crippen molar-refractivity contribution in [3.8, 4) is 0 Å². The molecule has 3 aliphatic heterocycles. The van der Waals surface area contributed by atoms with Crippen molar-refractivity contribution in [2.75, 3.05) is 6.54 Å². The van der Waals surface area contributed by atoms with Crippen LogP contribution in [0.3, 0.4) is 0 Å². The van der Waals surface area contributed by atoms with Crippen molar-refractivity contribution < 1.29 is 0 Å². The molecule has 0 spiro atoms. The summed E-state index contributed by atoms with van der Waals surface area (Å²) in [4.78, 5) is 7.32. The summed E-state index contributed by atoms with van der Waals surface area (Å²) in [7, 11) is 0. The average Bonchev–Trinajstić information content (AvgIpc) is 2.78. The third-order valence-electron chi connectivity index (χ3n) is 5.96. The first-order chi connectivity index (χ1) is 10.4. The molecular formula is C19H22N2. The van der Waals surface area contributed by atoms with E-state index in [1.807, 2.05) is 6.21 Å². The molecule has 5 rings (SSSR count). The maximum Gasteiger partial charge on any atom is 0.0585 e. The first-order valence-electron chi connectivity index (χ1n) is 8.51. The molecular weight excluding hydrogens is 256 g/mol. The van der Waals surface area contributed by atoms with E-state index < -0.39 is 0 Å². The highest BCUT2D eigenvalue weighted by atomic mass is 15.2. The largest absolute Gasteiger partial charge is 0.341 e. The summed E-state index contributed by atoms with van der Waals surface area (Å²) in [5, 5.41) is 0. The van der Waals surface area contributed by atoms with Gasteiger partial charge in [0, 0.05) is 36.0 Å². The average molecular weight is 278 g/mol. The van der Waals surface area contributed by atoms with E-state index in [0.29, 0.717) is 12.0 Å². The van der Waals surface area contributed by atoms with Crippen molar-refractivity contribution in [2.45, 2.75) is 44.6 Å². The number of dihydropyridines is 1. The lowest BCUT2D eigenvalue weighted by Crippen LogP contribution is -2.34. The zero-order valence-electron chi connectivity index (χ0n) is 12.5. The summed E-state index contributed by atoms with van der Waals surface area (Å²) in [6, 6.07) is 0.589. The predicted molar refractivity (Wildman–Crippen MR) is 86.0 cm³/mol. The molecule has 5 aliphatic rings. The molecule has 0 amide bonds. The number of hydrogen-bond donors (Lipinski definition) is 0. The zero-order valence-corrected chi connectivity index (χ0v) is 12.5. The lowest BCUT2D eigenvalue weighted by atomic mass is 9.80. The molecule has 0 saturated carbocycles. The van der Waals surface area contributed by atoms with Crippen LogP contribution in [0.15, 0.2) is 51.8 Å². The van der Waals surface area contributed by atoms with Gasteiger partial charge in [-0.05, 0) is 55.7 Å². The van der Waals surface area contributed by atoms with Crippen molar-refractivity contribution in [3.63, 3.8) is 0 Å². The molecule has 3 heterocycles. The second-order valence-corrected chi connectivity index (χ2v) is 6.97. The first kappa shape index (κ1) is 12.0. The van der Waals surface area contributed by atoms with Crippen LogP contribution in [0.25, 0.3) is 0 Å². The maximum absolute atomic E-state index is 4.57. The van der Waals surface area contributed by atoms with Crippen LogP contribution in [0.2, 0.25) is 0 Å². The summed E-state index contributed by atoms with van der Waals surface area (Å²) >= 11 is 0. The Labute approximate surface area is 126 Å². The Morgan fingerprint density at radius 1 is 1.19 bits per heavy atom. The number of allylic oxidation sites excluding steroid dienone is 5. The molecule has 21 heavy (non-hydrogen) atoms. The molecule has 1 saturated heterocycles. The van der Waals surface area contributed by atoms with Gasteiger partial charge in [-0.2, -0.15) is 0 Å². The van der Waals surface area contributed by atoms with Gasteiger partial charge in [-0.3, -0.25) is 4.99 Å². The lowest BCUT2D eigenvalue weighted by Gasteiger charge is -2.36. The molecule has 0 bridgehead atoms. The molecule has 3 atom stereocenters. The summed E-state index contributed by atoms with van der Waals surface area (Å²) in [6.45, 7) is 1.01. The van der Waals surface area contributed by atoms with E-state index in [4.69, 9.17) is 0 Å². The summed E-state index contributed by atoms with van der Waals surface area (Å²) < 4.78 is 0. The van der Waals surface area contributed by atoms with Crippen LogP contribution in [0, 0.1) is 11.8 Å². The fourth-order valence-corrected chi connectivity index (χ4v) is 5.08. The van der Waals surface area contributed by atoms with Crippen molar-refractivity contribution in [3.05, 3.63) is 46.8 Å². The van der Waals surface area contributed by atoms with E-state index in [1.165, 1.54) is 38.5 Å². The van der Waals surface area contributed by atoms with Gasteiger partial charge in [0.05, 0.1) is 6.04 Å². The molecule has 0 aromatic heterocycles. The predicted octanol–water partition coefficient (Wildman–Crippen LogP) is 3.99. The number of aliphatic imine (C=N–C) groups is 1. The van der Waals surface area contributed by atoms with E-state index in [1.54, 1.807) is 22.5 Å². The highest BCUT2D eigenvalue weighted by Gasteiger charge is 2.47. The van der Waals surface area contributed by atoms with Crippen LogP contribution in [0.1, 0.15) is 38.5 Å². The highest BCUT2D eigenvalue weighted by molar-refractivity contribution is 5.74. The molecule has 0 aromatic carbocycles. The van der Waals surface area contributed by atoms with Gasteiger partial charge in [0.15, 0.2) is 0 Å². The van der Waals surface area contributed by atoms with Gasteiger partial charge in [0.2, 0.25) is 0 Å². The Kier molecular flexibility index (Phi) is 2.55. The Bertz CT molecular complexity index is 632. The van der Waals surface area contributed by atoms with Crippen LogP contribution >= 0.6 is 0 Å². The second kappa shape index (κ2) is 4.46. The highest BCUT2D eigenvalue weighted by Crippen LogP contribution is 2.53. The van der Waals surface area contributed by atoms with Crippen molar-refractivity contribution >= 4 is 6.21 Å². The lowest BCUT2D eigenvalue weighted by molar-refractivity contribution is 0.335. The normalized spacial score (nSPS) is 36.6. The summed E-state index contributed by atoms with van der Waals surface area (Å²) in [5.74, 6) is 1.40. The molecule has 1 fully saturated rings. The van der Waals surface area contributed by atoms with Crippen LogP contribution in [-0.2, 0) is 0 Å². The molecule has 0 aromatic rings. The van der Waals surface area contributed by atoms with Gasteiger partial charge >= 0.3 is 0 Å². The number of nitrogens with zero attached hydrogens (tertiary/aromatic N) is 2. The van der Waals surface area contributed by atoms with E-state index in [2.05, 4.69) is 34.2 Å². The van der Waals surface area contributed by atoms with Gasteiger partial charge < -0.3 is 4.90 Å². The molecule has 0 N–H and O–H groups in total. The molecule has 108 valence electrons. The van der Waals surface area contributed by atoms with Crippen molar-refractivity contribution in [2.24, 2.45) is 16.8 Å². The van der Waals surface area contributed by atoms with Gasteiger partial charge in [0.1, 0.15) is 0 Å². The van der Waals surface area contributed by atoms with E-state index in [-0.39, 0.29) is 0 Å². The van der Waals surface area contributed by atoms with E-state index in [9.17, 15) is 0 Å². The molecule has 2 aliphatic carbocycles. The number of fused-ring (bicyclic) bond motifs is 5. The number of hydrogen-bond acceptors (Lipinski definition) is 2. The van der Waals surface area contributed by atoms with Gasteiger partial charge in [-0.15, -0.1) is 0 Å². The topological polar surface area (TPSA) is 15.6 Å². The molecule has 0 radical (unpaired) electrons. The summed E-state index contributed by atoms with van der Waals surface area (Å²) in [5.41, 5.74) is 6.54. The Balaban J connectivity index is 1.70. The maximum atomic E-state index is 4.57. The van der Waals surface area contributed by atoms with Gasteiger partial charge in [-0.1, -0.05) is 18.2 Å². The standard InChI is InChI=1S/C19H22N2/c1-2-7-17-13(4-1)8-9-14-5-3-6-15-16-12-20-11-10-18(16)21(17)19(14)15/h1,4,8,10-11,15-17H,2-3,5-7,9,12H2. The Morgan fingerprint density at radius 2 is 2.19 bits per heavy atom. The Hall–Kier alpha value is -1.57. The minimum atomic E-state index is 0.589. The number of rotatable bonds is 0. The smallest absolute Gasteiger partial charge is 0.0585 e. The molecule has 2 heteroatoms. The minimum absolute atomic E-state index is 0.589. The third-order valence-corrected chi connectivity index (χ3v) is 5.96. The second-order valence-electron chi connectivity index (χ2n) is 6.97. The van der Waals surface area contributed by atoms with Crippen molar-refractivity contribution in [1.29, 1.82) is 0 Å². The fourth-order valence-electron chi connectivity index (χ4n) is 5.08. The first-order valence-corrected chi connectivity index (χ1v) is 8.51. The molecule has 2 nitrogen and oxygen atoms in total. The fraction of sp³-hybridized carbons (Fsp3) is 0.526. The van der Waals surface area contributed by atoms with Crippen LogP contribution in [0.5, 0.6) is 0 Å². The minimum Gasteiger partial charge on any atom is -0.341 e. The zero-order chi connectivity index (χ0) is 13.8. The van der Waals surface area contributed by atoms with Crippen LogP contribution in [0.4, 0.5) is 0 Å². The van der Waals surface area contributed by atoms with Crippen LogP contribution < -0.4 is 0 Å².